The van der Waals surface area contributed by atoms with Gasteiger partial charge in [0.15, 0.2) is 0 Å². The molecule has 45 heavy (non-hydrogen) atoms. The average molecular weight is 671 g/mol. The number of aromatic carboxylic acids is 1. The molecule has 0 aliphatic carbocycles. The molecule has 3 aromatic carbocycles. The van der Waals surface area contributed by atoms with Crippen LogP contribution in [0.2, 0.25) is 15.1 Å². The van der Waals surface area contributed by atoms with Gasteiger partial charge in [0.05, 0.1) is 10.0 Å². The number of fused-ring (bicyclic) bond motifs is 1. The summed E-state index contributed by atoms with van der Waals surface area (Å²) >= 11 is 18.4. The van der Waals surface area contributed by atoms with Crippen molar-refractivity contribution in [2.45, 2.75) is 70.7 Å². The quantitative estimate of drug-likeness (QED) is 0.183. The Morgan fingerprint density at radius 1 is 0.933 bits per heavy atom. The number of carboxylic acid groups (broad SMARTS) is 1. The summed E-state index contributed by atoms with van der Waals surface area (Å²) in [7, 11) is 0. The first-order chi connectivity index (χ1) is 21.6. The summed E-state index contributed by atoms with van der Waals surface area (Å²) in [4.78, 5) is 45.0. The fourth-order valence-electron chi connectivity index (χ4n) is 5.70. The van der Waals surface area contributed by atoms with E-state index in [0.717, 1.165) is 36.8 Å². The second-order valence-corrected chi connectivity index (χ2v) is 12.6. The molecule has 0 radical (unpaired) electrons. The molecule has 1 saturated heterocycles. The van der Waals surface area contributed by atoms with Crippen molar-refractivity contribution in [3.8, 4) is 5.75 Å². The summed E-state index contributed by atoms with van der Waals surface area (Å²) in [5.41, 5.74) is 2.15. The Bertz CT molecular complexity index is 1710. The number of aromatic nitrogens is 1. The van der Waals surface area contributed by atoms with E-state index in [1.54, 1.807) is 42.5 Å². The number of aromatic amines is 1. The van der Waals surface area contributed by atoms with Gasteiger partial charge in [-0.15, -0.1) is 0 Å². The minimum Gasteiger partial charge on any atom is -0.489 e. The highest BCUT2D eigenvalue weighted by Crippen LogP contribution is 2.36. The van der Waals surface area contributed by atoms with Crippen LogP contribution in [0.25, 0.3) is 10.9 Å². The maximum atomic E-state index is 14.1. The number of nitrogens with one attached hydrogen (secondary N) is 2. The second kappa shape index (κ2) is 14.6. The smallest absolute Gasteiger partial charge is 0.352 e. The van der Waals surface area contributed by atoms with Crippen LogP contribution in [0.4, 0.5) is 0 Å². The molecule has 236 valence electrons. The number of hydrogen-bond donors (Lipinski definition) is 3. The molecule has 5 rings (SSSR count). The van der Waals surface area contributed by atoms with Crippen molar-refractivity contribution in [1.29, 1.82) is 0 Å². The van der Waals surface area contributed by atoms with Crippen LogP contribution in [0, 0.1) is 0 Å². The Kier molecular flexibility index (Phi) is 10.6. The first kappa shape index (κ1) is 32.7. The normalized spacial score (nSPS) is 18.3. The summed E-state index contributed by atoms with van der Waals surface area (Å²) in [5.74, 6) is -1.30. The molecule has 3 N–H and O–H groups in total. The third-order valence-electron chi connectivity index (χ3n) is 8.00. The highest BCUT2D eigenvalue weighted by Gasteiger charge is 2.37. The zero-order valence-electron chi connectivity index (χ0n) is 24.7. The molecule has 11 heteroatoms. The van der Waals surface area contributed by atoms with E-state index in [-0.39, 0.29) is 42.8 Å². The molecule has 1 aliphatic rings. The molecule has 4 aromatic rings. The van der Waals surface area contributed by atoms with Crippen LogP contribution in [0.15, 0.2) is 60.7 Å². The van der Waals surface area contributed by atoms with Gasteiger partial charge in [0, 0.05) is 40.5 Å². The lowest BCUT2D eigenvalue weighted by Crippen LogP contribution is -2.46. The van der Waals surface area contributed by atoms with Gasteiger partial charge in [-0.3, -0.25) is 9.59 Å². The van der Waals surface area contributed by atoms with Crippen molar-refractivity contribution in [3.63, 3.8) is 0 Å². The van der Waals surface area contributed by atoms with Gasteiger partial charge in [-0.2, -0.15) is 0 Å². The zero-order valence-corrected chi connectivity index (χ0v) is 27.0. The third kappa shape index (κ3) is 7.93. The van der Waals surface area contributed by atoms with Crippen molar-refractivity contribution >= 4 is 63.5 Å². The van der Waals surface area contributed by atoms with Gasteiger partial charge in [-0.1, -0.05) is 78.3 Å². The molecule has 2 heterocycles. The fourth-order valence-corrected chi connectivity index (χ4v) is 6.19. The standard InChI is InChI=1S/C34H34Cl3N3O5/c1-20-6-4-2-3-5-7-29(41)40(18-21-8-12-24(13-9-21)45-19-22-10-15-26(36)27(37)16-22)32(33(42)38-20)30-25-14-11-23(35)17-28(25)39-31(30)34(43)44/h8-17,20,32,39H,2-7,18-19H2,1H3,(H,38,42)(H,43,44). The highest BCUT2D eigenvalue weighted by molar-refractivity contribution is 6.42. The summed E-state index contributed by atoms with van der Waals surface area (Å²) in [6, 6.07) is 16.1. The van der Waals surface area contributed by atoms with Crippen LogP contribution in [-0.4, -0.2) is 38.8 Å². The van der Waals surface area contributed by atoms with Crippen LogP contribution in [0.5, 0.6) is 5.75 Å². The number of carbonyl (C=O) groups is 3. The summed E-state index contributed by atoms with van der Waals surface area (Å²) in [6.07, 6.45) is 4.48. The molecule has 2 amide bonds. The average Bonchev–Trinajstić information content (AvgIpc) is 3.37. The van der Waals surface area contributed by atoms with E-state index in [2.05, 4.69) is 10.3 Å². The van der Waals surface area contributed by atoms with E-state index in [4.69, 9.17) is 39.5 Å². The second-order valence-electron chi connectivity index (χ2n) is 11.4. The number of nitrogens with zero attached hydrogens (tertiary/aromatic N) is 1. The zero-order chi connectivity index (χ0) is 32.1. The predicted molar refractivity (Wildman–Crippen MR) is 176 cm³/mol. The number of hydrogen-bond acceptors (Lipinski definition) is 4. The Morgan fingerprint density at radius 2 is 1.67 bits per heavy atom. The molecular formula is C34H34Cl3N3O5. The van der Waals surface area contributed by atoms with E-state index in [1.165, 1.54) is 4.90 Å². The fraction of sp³-hybridized carbons (Fsp3) is 0.324. The van der Waals surface area contributed by atoms with E-state index in [1.807, 2.05) is 25.1 Å². The van der Waals surface area contributed by atoms with Crippen molar-refractivity contribution in [1.82, 2.24) is 15.2 Å². The number of carboxylic acids is 1. The minimum absolute atomic E-state index is 0.0810. The monoisotopic (exact) mass is 669 g/mol. The van der Waals surface area contributed by atoms with Crippen LogP contribution >= 0.6 is 34.8 Å². The molecule has 0 bridgehead atoms. The van der Waals surface area contributed by atoms with Gasteiger partial charge in [0.25, 0.3) is 0 Å². The number of carbonyl (C=O) groups excluding carboxylic acids is 2. The molecule has 1 aromatic heterocycles. The van der Waals surface area contributed by atoms with Gasteiger partial charge in [0.1, 0.15) is 24.1 Å². The molecule has 2 atom stereocenters. The van der Waals surface area contributed by atoms with Gasteiger partial charge in [-0.25, -0.2) is 4.79 Å². The minimum atomic E-state index is -1.24. The van der Waals surface area contributed by atoms with Crippen molar-refractivity contribution < 1.29 is 24.2 Å². The Balaban J connectivity index is 1.50. The number of ether oxygens (including phenoxy) is 1. The number of rotatable bonds is 7. The molecular weight excluding hydrogens is 637 g/mol. The van der Waals surface area contributed by atoms with E-state index < -0.39 is 17.9 Å². The van der Waals surface area contributed by atoms with Crippen molar-refractivity contribution in [3.05, 3.63) is 98.1 Å². The van der Waals surface area contributed by atoms with Crippen molar-refractivity contribution in [2.24, 2.45) is 0 Å². The summed E-state index contributed by atoms with van der Waals surface area (Å²) < 4.78 is 5.93. The van der Waals surface area contributed by atoms with E-state index in [9.17, 15) is 19.5 Å². The van der Waals surface area contributed by atoms with Gasteiger partial charge < -0.3 is 25.0 Å². The summed E-state index contributed by atoms with van der Waals surface area (Å²) in [5, 5.41) is 15.1. The molecule has 1 fully saturated rings. The molecule has 0 spiro atoms. The highest BCUT2D eigenvalue weighted by atomic mass is 35.5. The van der Waals surface area contributed by atoms with Crippen LogP contribution in [-0.2, 0) is 22.7 Å². The number of halogens is 3. The Morgan fingerprint density at radius 3 is 2.40 bits per heavy atom. The van der Waals surface area contributed by atoms with E-state index >= 15 is 0 Å². The van der Waals surface area contributed by atoms with Crippen LogP contribution in [0.3, 0.4) is 0 Å². The van der Waals surface area contributed by atoms with Gasteiger partial charge in [0.2, 0.25) is 11.8 Å². The molecule has 2 unspecified atom stereocenters. The Labute approximate surface area is 276 Å². The largest absolute Gasteiger partial charge is 0.489 e. The Hall–Kier alpha value is -3.72. The summed E-state index contributed by atoms with van der Waals surface area (Å²) in [6.45, 7) is 2.29. The predicted octanol–water partition coefficient (Wildman–Crippen LogP) is 8.33. The number of benzene rings is 3. The molecule has 0 saturated carbocycles. The van der Waals surface area contributed by atoms with Crippen molar-refractivity contribution in [2.75, 3.05) is 0 Å². The number of H-pyrrole nitrogens is 1. The maximum absolute atomic E-state index is 14.1. The molecule has 1 aliphatic heterocycles. The SMILES string of the molecule is CC1CCCCCCC(=O)N(Cc2ccc(OCc3ccc(Cl)c(Cl)c3)cc2)C(c2c(C(=O)O)[nH]c3cc(Cl)ccc23)C(=O)N1. The lowest BCUT2D eigenvalue weighted by Gasteiger charge is -2.33. The first-order valence-electron chi connectivity index (χ1n) is 14.9. The van der Waals surface area contributed by atoms with Crippen LogP contribution in [0.1, 0.15) is 78.7 Å². The number of amides is 2. The molecule has 8 nitrogen and oxygen atoms in total. The lowest BCUT2D eigenvalue weighted by molar-refractivity contribution is -0.142. The maximum Gasteiger partial charge on any atom is 0.352 e. The topological polar surface area (TPSA) is 112 Å². The van der Waals surface area contributed by atoms with Gasteiger partial charge >= 0.3 is 5.97 Å². The lowest BCUT2D eigenvalue weighted by atomic mass is 9.97. The van der Waals surface area contributed by atoms with E-state index in [0.29, 0.717) is 38.1 Å². The third-order valence-corrected chi connectivity index (χ3v) is 8.97. The first-order valence-corrected chi connectivity index (χ1v) is 16.0. The van der Waals surface area contributed by atoms with Crippen LogP contribution < -0.4 is 10.1 Å². The van der Waals surface area contributed by atoms with Gasteiger partial charge in [-0.05, 0) is 67.3 Å².